The zero-order valence-electron chi connectivity index (χ0n) is 13.4. The minimum atomic E-state index is 0.468. The predicted molar refractivity (Wildman–Crippen MR) is 93.8 cm³/mol. The van der Waals surface area contributed by atoms with Gasteiger partial charge in [0.05, 0.1) is 5.75 Å². The standard InChI is InChI=1S/C18H14N4O2S/c1-12-7-9-14(10-8-12)17-20-21-18(23-17)25-11-15-19-16(22-24-15)13-5-3-2-4-6-13/h2-10H,11H2,1H3. The maximum absolute atomic E-state index is 5.67. The summed E-state index contributed by atoms with van der Waals surface area (Å²) in [6.45, 7) is 2.03. The van der Waals surface area contributed by atoms with Gasteiger partial charge in [-0.05, 0) is 19.1 Å². The van der Waals surface area contributed by atoms with Gasteiger partial charge in [-0.15, -0.1) is 10.2 Å². The van der Waals surface area contributed by atoms with Crippen LogP contribution in [0, 0.1) is 6.92 Å². The van der Waals surface area contributed by atoms with Gasteiger partial charge in [0.1, 0.15) is 0 Å². The van der Waals surface area contributed by atoms with Gasteiger partial charge in [-0.25, -0.2) is 0 Å². The molecule has 0 fully saturated rings. The molecule has 0 saturated heterocycles. The quantitative estimate of drug-likeness (QED) is 0.494. The van der Waals surface area contributed by atoms with Crippen molar-refractivity contribution in [3.8, 4) is 22.8 Å². The van der Waals surface area contributed by atoms with Crippen molar-refractivity contribution in [2.24, 2.45) is 0 Å². The molecule has 2 aromatic carbocycles. The molecule has 4 aromatic rings. The molecule has 0 amide bonds. The third-order valence-corrected chi connectivity index (χ3v) is 4.33. The summed E-state index contributed by atoms with van der Waals surface area (Å²) in [5.74, 6) is 2.05. The predicted octanol–water partition coefficient (Wildman–Crippen LogP) is 4.39. The molecule has 0 unspecified atom stereocenters. The normalized spacial score (nSPS) is 10.9. The van der Waals surface area contributed by atoms with Crippen LogP contribution in [0.2, 0.25) is 0 Å². The lowest BCUT2D eigenvalue weighted by Crippen LogP contribution is -1.82. The molecule has 7 heteroatoms. The first-order chi connectivity index (χ1) is 12.3. The largest absolute Gasteiger partial charge is 0.411 e. The third-order valence-electron chi connectivity index (χ3n) is 3.52. The first-order valence-corrected chi connectivity index (χ1v) is 8.68. The molecule has 0 aliphatic carbocycles. The fraction of sp³-hybridized carbons (Fsp3) is 0.111. The van der Waals surface area contributed by atoms with E-state index in [1.165, 1.54) is 17.3 Å². The molecule has 0 atom stereocenters. The van der Waals surface area contributed by atoms with Crippen LogP contribution >= 0.6 is 11.8 Å². The van der Waals surface area contributed by atoms with E-state index < -0.39 is 0 Å². The highest BCUT2D eigenvalue weighted by Crippen LogP contribution is 2.26. The van der Waals surface area contributed by atoms with Crippen LogP contribution < -0.4 is 0 Å². The van der Waals surface area contributed by atoms with Crippen molar-refractivity contribution < 1.29 is 8.94 Å². The van der Waals surface area contributed by atoms with Gasteiger partial charge in [0.2, 0.25) is 17.6 Å². The van der Waals surface area contributed by atoms with Gasteiger partial charge in [0, 0.05) is 11.1 Å². The Hall–Kier alpha value is -2.93. The van der Waals surface area contributed by atoms with E-state index in [0.29, 0.717) is 28.6 Å². The molecule has 2 aromatic heterocycles. The van der Waals surface area contributed by atoms with Crippen molar-refractivity contribution in [1.29, 1.82) is 0 Å². The first kappa shape index (κ1) is 15.6. The van der Waals surface area contributed by atoms with Gasteiger partial charge in [-0.3, -0.25) is 0 Å². The lowest BCUT2D eigenvalue weighted by molar-refractivity contribution is 0.391. The zero-order chi connectivity index (χ0) is 17.1. The van der Waals surface area contributed by atoms with Crippen molar-refractivity contribution in [3.63, 3.8) is 0 Å². The Kier molecular flexibility index (Phi) is 4.30. The van der Waals surface area contributed by atoms with E-state index in [2.05, 4.69) is 20.3 Å². The maximum atomic E-state index is 5.67. The molecule has 6 nitrogen and oxygen atoms in total. The monoisotopic (exact) mass is 350 g/mol. The van der Waals surface area contributed by atoms with Crippen LogP contribution in [-0.4, -0.2) is 20.3 Å². The molecule has 0 aliphatic heterocycles. The molecule has 0 saturated carbocycles. The Balaban J connectivity index is 1.42. The minimum Gasteiger partial charge on any atom is -0.411 e. The highest BCUT2D eigenvalue weighted by atomic mass is 32.2. The summed E-state index contributed by atoms with van der Waals surface area (Å²) in [5.41, 5.74) is 3.00. The number of rotatable bonds is 5. The molecular formula is C18H14N4O2S. The summed E-state index contributed by atoms with van der Waals surface area (Å²) in [6, 6.07) is 17.6. The summed E-state index contributed by atoms with van der Waals surface area (Å²) in [5, 5.41) is 12.6. The zero-order valence-corrected chi connectivity index (χ0v) is 14.2. The Morgan fingerprint density at radius 1 is 0.920 bits per heavy atom. The summed E-state index contributed by atoms with van der Waals surface area (Å²) in [4.78, 5) is 4.38. The van der Waals surface area contributed by atoms with Crippen LogP contribution in [0.1, 0.15) is 11.5 Å². The number of hydrogen-bond donors (Lipinski definition) is 0. The highest BCUT2D eigenvalue weighted by molar-refractivity contribution is 7.98. The van der Waals surface area contributed by atoms with Crippen LogP contribution in [0.3, 0.4) is 0 Å². The first-order valence-electron chi connectivity index (χ1n) is 7.69. The minimum absolute atomic E-state index is 0.468. The van der Waals surface area contributed by atoms with Crippen molar-refractivity contribution in [3.05, 3.63) is 66.1 Å². The molecule has 0 spiro atoms. The maximum Gasteiger partial charge on any atom is 0.277 e. The van der Waals surface area contributed by atoms with Crippen molar-refractivity contribution in [1.82, 2.24) is 20.3 Å². The number of aryl methyl sites for hydroxylation is 1. The molecule has 2 heterocycles. The van der Waals surface area contributed by atoms with E-state index in [9.17, 15) is 0 Å². The summed E-state index contributed by atoms with van der Waals surface area (Å²) in [7, 11) is 0. The summed E-state index contributed by atoms with van der Waals surface area (Å²) in [6.07, 6.45) is 0. The van der Waals surface area contributed by atoms with Gasteiger partial charge in [0.25, 0.3) is 5.22 Å². The van der Waals surface area contributed by atoms with E-state index >= 15 is 0 Å². The fourth-order valence-electron chi connectivity index (χ4n) is 2.22. The average molecular weight is 350 g/mol. The smallest absolute Gasteiger partial charge is 0.277 e. The van der Waals surface area contributed by atoms with Crippen LogP contribution in [0.25, 0.3) is 22.8 Å². The Labute approximate surface area is 148 Å². The topological polar surface area (TPSA) is 77.8 Å². The number of nitrogens with zero attached hydrogens (tertiary/aromatic N) is 4. The lowest BCUT2D eigenvalue weighted by atomic mass is 10.1. The van der Waals surface area contributed by atoms with Crippen LogP contribution in [0.15, 0.2) is 68.8 Å². The number of hydrogen-bond acceptors (Lipinski definition) is 7. The van der Waals surface area contributed by atoms with Crippen LogP contribution in [0.4, 0.5) is 0 Å². The number of benzene rings is 2. The van der Waals surface area contributed by atoms with E-state index in [-0.39, 0.29) is 0 Å². The molecule has 0 radical (unpaired) electrons. The highest BCUT2D eigenvalue weighted by Gasteiger charge is 2.12. The van der Waals surface area contributed by atoms with Gasteiger partial charge >= 0.3 is 0 Å². The SMILES string of the molecule is Cc1ccc(-c2nnc(SCc3nc(-c4ccccc4)no3)o2)cc1. The Bertz CT molecular complexity index is 964. The number of thioether (sulfide) groups is 1. The second-order valence-corrected chi connectivity index (χ2v) is 6.33. The van der Waals surface area contributed by atoms with Crippen molar-refractivity contribution in [2.75, 3.05) is 0 Å². The third kappa shape index (κ3) is 3.61. The van der Waals surface area contributed by atoms with E-state index in [0.717, 1.165) is 11.1 Å². The molecule has 124 valence electrons. The van der Waals surface area contributed by atoms with E-state index in [1.54, 1.807) is 0 Å². The van der Waals surface area contributed by atoms with Crippen molar-refractivity contribution >= 4 is 11.8 Å². The molecular weight excluding hydrogens is 336 g/mol. The van der Waals surface area contributed by atoms with Gasteiger partial charge in [-0.1, -0.05) is 64.9 Å². The number of aromatic nitrogens is 4. The van der Waals surface area contributed by atoms with E-state index in [4.69, 9.17) is 8.94 Å². The molecule has 0 bridgehead atoms. The van der Waals surface area contributed by atoms with Crippen LogP contribution in [-0.2, 0) is 5.75 Å². The second kappa shape index (κ2) is 6.90. The van der Waals surface area contributed by atoms with Gasteiger partial charge in [-0.2, -0.15) is 4.98 Å². The fourth-order valence-corrected chi connectivity index (χ4v) is 2.82. The van der Waals surface area contributed by atoms with Gasteiger partial charge in [0.15, 0.2) is 0 Å². The molecule has 25 heavy (non-hydrogen) atoms. The summed E-state index contributed by atoms with van der Waals surface area (Å²) >= 11 is 1.36. The molecule has 0 N–H and O–H groups in total. The average Bonchev–Trinajstić information content (AvgIpc) is 3.31. The van der Waals surface area contributed by atoms with Crippen molar-refractivity contribution in [2.45, 2.75) is 17.9 Å². The lowest BCUT2D eigenvalue weighted by Gasteiger charge is -1.95. The second-order valence-electron chi connectivity index (χ2n) is 5.41. The molecule has 0 aliphatic rings. The Morgan fingerprint density at radius 2 is 1.72 bits per heavy atom. The van der Waals surface area contributed by atoms with Crippen LogP contribution in [0.5, 0.6) is 0 Å². The van der Waals surface area contributed by atoms with E-state index in [1.807, 2.05) is 61.5 Å². The molecule has 4 rings (SSSR count). The van der Waals surface area contributed by atoms with Gasteiger partial charge < -0.3 is 8.94 Å². The Morgan fingerprint density at radius 3 is 2.52 bits per heavy atom. The summed E-state index contributed by atoms with van der Waals surface area (Å²) < 4.78 is 10.9.